The highest BCUT2D eigenvalue weighted by Gasteiger charge is 2.31. The van der Waals surface area contributed by atoms with Crippen LogP contribution in [0.5, 0.6) is 0 Å². The molecule has 18 heavy (non-hydrogen) atoms. The van der Waals surface area contributed by atoms with E-state index in [0.717, 1.165) is 24.9 Å². The number of hydrogen-bond acceptors (Lipinski definition) is 2. The average Bonchev–Trinajstić information content (AvgIpc) is 2.41. The van der Waals surface area contributed by atoms with Crippen LogP contribution in [0.25, 0.3) is 0 Å². The van der Waals surface area contributed by atoms with E-state index in [1.165, 1.54) is 0 Å². The van der Waals surface area contributed by atoms with E-state index in [9.17, 15) is 4.79 Å². The number of amides is 1. The van der Waals surface area contributed by atoms with Crippen molar-refractivity contribution in [1.82, 2.24) is 4.90 Å². The molecule has 0 bridgehead atoms. The summed E-state index contributed by atoms with van der Waals surface area (Å²) in [6.07, 6.45) is 4.10. The maximum absolute atomic E-state index is 11.5. The van der Waals surface area contributed by atoms with Crippen LogP contribution in [0.3, 0.4) is 0 Å². The highest BCUT2D eigenvalue weighted by atomic mass is 16.5. The van der Waals surface area contributed by atoms with E-state index in [1.54, 1.807) is 0 Å². The molecule has 1 saturated heterocycles. The Morgan fingerprint density at radius 2 is 2.17 bits per heavy atom. The first kappa shape index (κ1) is 12.8. The Labute approximate surface area is 108 Å². The van der Waals surface area contributed by atoms with Crippen LogP contribution < -0.4 is 0 Å². The molecule has 1 fully saturated rings. The smallest absolute Gasteiger partial charge is 0.226 e. The molecule has 1 aliphatic heterocycles. The Morgan fingerprint density at radius 1 is 1.39 bits per heavy atom. The Bertz CT molecular complexity index is 402. The monoisotopic (exact) mass is 245 g/mol. The molecule has 0 aliphatic carbocycles. The van der Waals surface area contributed by atoms with Gasteiger partial charge in [0.05, 0.1) is 6.61 Å². The SMILES string of the molecule is C=CCCC(OCc1ccccc1)N1CCC1=O. The van der Waals surface area contributed by atoms with Crippen LogP contribution in [0.1, 0.15) is 24.8 Å². The van der Waals surface area contributed by atoms with Crippen molar-refractivity contribution in [1.29, 1.82) is 0 Å². The first-order valence-electron chi connectivity index (χ1n) is 6.37. The van der Waals surface area contributed by atoms with E-state index in [0.29, 0.717) is 13.0 Å². The molecule has 1 amide bonds. The molecule has 96 valence electrons. The van der Waals surface area contributed by atoms with Crippen LogP contribution in [0.15, 0.2) is 43.0 Å². The standard InChI is InChI=1S/C15H19NO2/c1-2-3-9-15(16-11-10-14(16)17)18-12-13-7-5-4-6-8-13/h2,4-8,15H,1,3,9-12H2. The van der Waals surface area contributed by atoms with Gasteiger partial charge in [0.15, 0.2) is 0 Å². The van der Waals surface area contributed by atoms with Gasteiger partial charge in [-0.1, -0.05) is 36.4 Å². The minimum Gasteiger partial charge on any atom is -0.354 e. The maximum atomic E-state index is 11.5. The highest BCUT2D eigenvalue weighted by Crippen LogP contribution is 2.19. The molecule has 2 rings (SSSR count). The van der Waals surface area contributed by atoms with Crippen molar-refractivity contribution in [3.63, 3.8) is 0 Å². The summed E-state index contributed by atoms with van der Waals surface area (Å²) in [7, 11) is 0. The summed E-state index contributed by atoms with van der Waals surface area (Å²) in [5.41, 5.74) is 1.13. The summed E-state index contributed by atoms with van der Waals surface area (Å²) >= 11 is 0. The van der Waals surface area contributed by atoms with Crippen LogP contribution >= 0.6 is 0 Å². The van der Waals surface area contributed by atoms with E-state index in [4.69, 9.17) is 4.74 Å². The minimum atomic E-state index is -0.107. The zero-order chi connectivity index (χ0) is 12.8. The molecule has 1 aromatic carbocycles. The summed E-state index contributed by atoms with van der Waals surface area (Å²) in [5.74, 6) is 0.192. The molecule has 1 aromatic rings. The van der Waals surface area contributed by atoms with E-state index < -0.39 is 0 Å². The van der Waals surface area contributed by atoms with Crippen molar-refractivity contribution in [3.05, 3.63) is 48.6 Å². The first-order chi connectivity index (χ1) is 8.81. The number of likely N-dealkylation sites (tertiary alicyclic amines) is 1. The van der Waals surface area contributed by atoms with E-state index in [1.807, 2.05) is 41.3 Å². The predicted octanol–water partition coefficient (Wildman–Crippen LogP) is 2.73. The number of rotatable bonds is 7. The second-order valence-corrected chi connectivity index (χ2v) is 4.45. The molecule has 3 heteroatoms. The second kappa shape index (κ2) is 6.36. The third kappa shape index (κ3) is 3.20. The molecular weight excluding hydrogens is 226 g/mol. The van der Waals surface area contributed by atoms with Gasteiger partial charge in [0.2, 0.25) is 5.91 Å². The summed E-state index contributed by atoms with van der Waals surface area (Å²) < 4.78 is 5.86. The van der Waals surface area contributed by atoms with Gasteiger partial charge in [0.25, 0.3) is 0 Å². The lowest BCUT2D eigenvalue weighted by Crippen LogP contribution is -2.50. The van der Waals surface area contributed by atoms with Gasteiger partial charge < -0.3 is 9.64 Å². The summed E-state index contributed by atoms with van der Waals surface area (Å²) in [4.78, 5) is 13.3. The molecule has 3 nitrogen and oxygen atoms in total. The Kier molecular flexibility index (Phi) is 4.53. The van der Waals surface area contributed by atoms with Crippen LogP contribution in [-0.2, 0) is 16.1 Å². The maximum Gasteiger partial charge on any atom is 0.226 e. The number of carbonyl (C=O) groups excluding carboxylic acids is 1. The van der Waals surface area contributed by atoms with E-state index >= 15 is 0 Å². The highest BCUT2D eigenvalue weighted by molar-refractivity contribution is 5.81. The first-order valence-corrected chi connectivity index (χ1v) is 6.37. The van der Waals surface area contributed by atoms with Crippen LogP contribution in [-0.4, -0.2) is 23.6 Å². The number of hydrogen-bond donors (Lipinski definition) is 0. The lowest BCUT2D eigenvalue weighted by molar-refractivity contribution is -0.161. The third-order valence-corrected chi connectivity index (χ3v) is 3.14. The van der Waals surface area contributed by atoms with E-state index in [2.05, 4.69) is 6.58 Å². The van der Waals surface area contributed by atoms with Crippen LogP contribution in [0.4, 0.5) is 0 Å². The number of benzene rings is 1. The van der Waals surface area contributed by atoms with Crippen molar-refractivity contribution in [3.8, 4) is 0 Å². The zero-order valence-corrected chi connectivity index (χ0v) is 10.5. The molecule has 1 aliphatic rings. The van der Waals surface area contributed by atoms with Crippen molar-refractivity contribution in [2.45, 2.75) is 32.1 Å². The Balaban J connectivity index is 1.88. The van der Waals surface area contributed by atoms with Crippen molar-refractivity contribution in [2.24, 2.45) is 0 Å². The van der Waals surface area contributed by atoms with Crippen molar-refractivity contribution < 1.29 is 9.53 Å². The number of ether oxygens (including phenoxy) is 1. The van der Waals surface area contributed by atoms with E-state index in [-0.39, 0.29) is 12.1 Å². The Morgan fingerprint density at radius 3 is 2.72 bits per heavy atom. The Hall–Kier alpha value is -1.61. The fourth-order valence-electron chi connectivity index (χ4n) is 1.99. The number of carbonyl (C=O) groups is 1. The summed E-state index contributed by atoms with van der Waals surface area (Å²) in [6, 6.07) is 10.0. The molecule has 0 spiro atoms. The predicted molar refractivity (Wildman–Crippen MR) is 70.8 cm³/mol. The molecule has 1 heterocycles. The van der Waals surface area contributed by atoms with Gasteiger partial charge in [-0.05, 0) is 18.4 Å². The third-order valence-electron chi connectivity index (χ3n) is 3.14. The largest absolute Gasteiger partial charge is 0.354 e. The molecule has 1 unspecified atom stereocenters. The van der Waals surface area contributed by atoms with Gasteiger partial charge in [-0.2, -0.15) is 0 Å². The summed E-state index contributed by atoms with van der Waals surface area (Å²) in [6.45, 7) is 5.08. The number of allylic oxidation sites excluding steroid dienone is 1. The van der Waals surface area contributed by atoms with Gasteiger partial charge in [0.1, 0.15) is 6.23 Å². The quantitative estimate of drug-likeness (QED) is 0.546. The topological polar surface area (TPSA) is 29.5 Å². The van der Waals surface area contributed by atoms with Gasteiger partial charge in [-0.15, -0.1) is 6.58 Å². The van der Waals surface area contributed by atoms with Gasteiger partial charge >= 0.3 is 0 Å². The molecule has 0 aromatic heterocycles. The molecule has 1 atom stereocenters. The minimum absolute atomic E-state index is 0.107. The summed E-state index contributed by atoms with van der Waals surface area (Å²) in [5, 5.41) is 0. The molecule has 0 N–H and O–H groups in total. The van der Waals surface area contributed by atoms with Gasteiger partial charge in [-0.25, -0.2) is 0 Å². The van der Waals surface area contributed by atoms with Crippen molar-refractivity contribution >= 4 is 5.91 Å². The molecular formula is C15H19NO2. The van der Waals surface area contributed by atoms with Gasteiger partial charge in [0, 0.05) is 13.0 Å². The fraction of sp³-hybridized carbons (Fsp3) is 0.400. The lowest BCUT2D eigenvalue weighted by atomic mass is 10.1. The van der Waals surface area contributed by atoms with Crippen LogP contribution in [0.2, 0.25) is 0 Å². The lowest BCUT2D eigenvalue weighted by Gasteiger charge is -2.37. The fourth-order valence-corrected chi connectivity index (χ4v) is 1.99. The molecule has 0 radical (unpaired) electrons. The van der Waals surface area contributed by atoms with Gasteiger partial charge in [-0.3, -0.25) is 4.79 Å². The zero-order valence-electron chi connectivity index (χ0n) is 10.5. The number of β-lactam (4-membered cyclic amide) rings is 1. The molecule has 0 saturated carbocycles. The second-order valence-electron chi connectivity index (χ2n) is 4.45. The average molecular weight is 245 g/mol. The normalized spacial score (nSPS) is 16.2. The van der Waals surface area contributed by atoms with Crippen LogP contribution in [0, 0.1) is 0 Å². The number of nitrogens with zero attached hydrogens (tertiary/aromatic N) is 1. The van der Waals surface area contributed by atoms with Crippen molar-refractivity contribution in [2.75, 3.05) is 6.54 Å².